The van der Waals surface area contributed by atoms with Crippen molar-refractivity contribution >= 4 is 50.6 Å². The van der Waals surface area contributed by atoms with Gasteiger partial charge in [0.05, 0.1) is 47.7 Å². The smallest absolute Gasteiger partial charge is 0.338 e. The molecule has 234 valence electrons. The van der Waals surface area contributed by atoms with Crippen molar-refractivity contribution in [1.82, 2.24) is 9.13 Å². The molecule has 0 saturated carbocycles. The fraction of sp³-hybridized carbons (Fsp3) is 0.333. The van der Waals surface area contributed by atoms with Gasteiger partial charge in [-0.2, -0.15) is 5.26 Å². The molecule has 0 amide bonds. The van der Waals surface area contributed by atoms with Crippen molar-refractivity contribution in [2.45, 2.75) is 54.5 Å². The van der Waals surface area contributed by atoms with Crippen molar-refractivity contribution in [1.29, 1.82) is 5.26 Å². The van der Waals surface area contributed by atoms with E-state index >= 15 is 0 Å². The molecule has 0 spiro atoms. The van der Waals surface area contributed by atoms with Crippen molar-refractivity contribution < 1.29 is 19.0 Å². The van der Waals surface area contributed by atoms with Gasteiger partial charge in [-0.25, -0.2) is 9.79 Å². The number of carbonyl (C=O) groups excluding carboxylic acids is 1. The molecule has 4 heterocycles. The highest BCUT2D eigenvalue weighted by molar-refractivity contribution is 9.10. The Kier molecular flexibility index (Phi) is 9.26. The molecule has 0 radical (unpaired) electrons. The molecule has 1 aliphatic rings. The van der Waals surface area contributed by atoms with Gasteiger partial charge in [-0.05, 0) is 89.4 Å². The van der Waals surface area contributed by atoms with Crippen LogP contribution in [0.4, 0.5) is 0 Å². The van der Waals surface area contributed by atoms with E-state index in [0.717, 1.165) is 32.4 Å². The number of thiazole rings is 1. The van der Waals surface area contributed by atoms with E-state index in [-0.39, 0.29) is 17.7 Å². The number of halogens is 1. The molecule has 3 aromatic heterocycles. The van der Waals surface area contributed by atoms with Crippen LogP contribution in [0.2, 0.25) is 0 Å². The Morgan fingerprint density at radius 3 is 2.49 bits per heavy atom. The topological polar surface area (TPSA) is 108 Å². The summed E-state index contributed by atoms with van der Waals surface area (Å²) in [5.41, 5.74) is 5.44. The van der Waals surface area contributed by atoms with E-state index in [1.165, 1.54) is 11.3 Å². The molecular weight excluding hydrogens is 676 g/mol. The number of aryl methyl sites for hydroxylation is 2. The average Bonchev–Trinajstić information content (AvgIpc) is 3.56. The minimum absolute atomic E-state index is 0.174. The maximum atomic E-state index is 14.3. The number of ether oxygens (including phenoxy) is 3. The first-order chi connectivity index (χ1) is 21.5. The van der Waals surface area contributed by atoms with Crippen LogP contribution in [-0.4, -0.2) is 35.4 Å². The summed E-state index contributed by atoms with van der Waals surface area (Å²) in [5.74, 6) is 0.461. The van der Waals surface area contributed by atoms with Gasteiger partial charge in [-0.15, -0.1) is 11.3 Å². The number of allylic oxidation sites excluding steroid dienone is 1. The zero-order chi connectivity index (χ0) is 32.7. The van der Waals surface area contributed by atoms with Crippen LogP contribution >= 0.6 is 38.6 Å². The summed E-state index contributed by atoms with van der Waals surface area (Å²) in [4.78, 5) is 34.0. The largest absolute Gasteiger partial charge is 0.493 e. The highest BCUT2D eigenvalue weighted by atomic mass is 79.9. The maximum Gasteiger partial charge on any atom is 0.338 e. The Bertz CT molecular complexity index is 2110. The summed E-state index contributed by atoms with van der Waals surface area (Å²) < 4.78 is 21.6. The van der Waals surface area contributed by atoms with Gasteiger partial charge >= 0.3 is 5.97 Å². The molecule has 0 aliphatic carbocycles. The number of esters is 1. The molecule has 1 aromatic carbocycles. The first-order valence-electron chi connectivity index (χ1n) is 14.4. The lowest BCUT2D eigenvalue weighted by molar-refractivity contribution is -0.139. The average molecular weight is 710 g/mol. The lowest BCUT2D eigenvalue weighted by atomic mass is 9.95. The second-order valence-electron chi connectivity index (χ2n) is 10.5. The predicted octanol–water partition coefficient (Wildman–Crippen LogP) is 5.93. The van der Waals surface area contributed by atoms with Crippen molar-refractivity contribution in [2.75, 3.05) is 20.3 Å². The predicted molar refractivity (Wildman–Crippen MR) is 180 cm³/mol. The fourth-order valence-corrected chi connectivity index (χ4v) is 8.35. The summed E-state index contributed by atoms with van der Waals surface area (Å²) in [6.45, 7) is 13.9. The van der Waals surface area contributed by atoms with E-state index in [0.29, 0.717) is 48.7 Å². The van der Waals surface area contributed by atoms with E-state index in [2.05, 4.69) is 26.6 Å². The van der Waals surface area contributed by atoms with Crippen LogP contribution in [0.1, 0.15) is 65.3 Å². The van der Waals surface area contributed by atoms with Gasteiger partial charge < -0.3 is 18.8 Å². The number of thiophene rings is 1. The van der Waals surface area contributed by atoms with Crippen LogP contribution in [0.15, 0.2) is 43.7 Å². The highest BCUT2D eigenvalue weighted by Crippen LogP contribution is 2.41. The third-order valence-electron chi connectivity index (χ3n) is 7.83. The quantitative estimate of drug-likeness (QED) is 0.210. The number of fused-ring (bicyclic) bond motifs is 1. The summed E-state index contributed by atoms with van der Waals surface area (Å²) in [6, 6.07) is 7.11. The highest BCUT2D eigenvalue weighted by Gasteiger charge is 2.35. The van der Waals surface area contributed by atoms with E-state index < -0.39 is 12.0 Å². The second-order valence-corrected chi connectivity index (χ2v) is 13.6. The molecule has 0 saturated heterocycles. The fourth-order valence-electron chi connectivity index (χ4n) is 5.56. The third kappa shape index (κ3) is 5.58. The summed E-state index contributed by atoms with van der Waals surface area (Å²) in [5, 5.41) is 10.8. The molecule has 12 heteroatoms. The van der Waals surface area contributed by atoms with Crippen LogP contribution in [0.25, 0.3) is 11.1 Å². The molecule has 0 bridgehead atoms. The maximum absolute atomic E-state index is 14.3. The lowest BCUT2D eigenvalue weighted by Gasteiger charge is -2.26. The molecule has 0 fully saturated rings. The molecule has 0 N–H and O–H groups in total. The SMILES string of the molecule is CCOC(=O)C1=C(C)N=c2s/c(=C/c3cc(C)n(-c4sc(C)c(C)c4C#N)c3C)c(=O)n2[C@@H]1c1cc(OCC)c(OC)cc1Br. The van der Waals surface area contributed by atoms with Gasteiger partial charge in [0.1, 0.15) is 11.1 Å². The van der Waals surface area contributed by atoms with Gasteiger partial charge in [-0.3, -0.25) is 9.36 Å². The van der Waals surface area contributed by atoms with Crippen LogP contribution < -0.4 is 24.4 Å². The van der Waals surface area contributed by atoms with Crippen LogP contribution in [0.3, 0.4) is 0 Å². The first kappa shape index (κ1) is 32.5. The first-order valence-corrected chi connectivity index (χ1v) is 16.8. The van der Waals surface area contributed by atoms with Crippen molar-refractivity contribution in [2.24, 2.45) is 4.99 Å². The minimum Gasteiger partial charge on any atom is -0.493 e. The zero-order valence-electron chi connectivity index (χ0n) is 26.3. The Balaban J connectivity index is 1.74. The number of nitrogens with zero attached hydrogens (tertiary/aromatic N) is 4. The molecule has 1 atom stereocenters. The Labute approximate surface area is 277 Å². The van der Waals surface area contributed by atoms with Crippen LogP contribution in [0, 0.1) is 39.0 Å². The minimum atomic E-state index is -0.829. The third-order valence-corrected chi connectivity index (χ3v) is 10.7. The van der Waals surface area contributed by atoms with Crippen molar-refractivity contribution in [3.05, 3.63) is 92.1 Å². The number of aromatic nitrogens is 2. The van der Waals surface area contributed by atoms with Crippen molar-refractivity contribution in [3.63, 3.8) is 0 Å². The van der Waals surface area contributed by atoms with Gasteiger partial charge in [-0.1, -0.05) is 27.3 Å². The molecule has 5 rings (SSSR count). The van der Waals surface area contributed by atoms with E-state index in [1.54, 1.807) is 49.0 Å². The molecule has 45 heavy (non-hydrogen) atoms. The summed E-state index contributed by atoms with van der Waals surface area (Å²) in [6.07, 6.45) is 1.86. The normalized spacial score (nSPS) is 14.7. The summed E-state index contributed by atoms with van der Waals surface area (Å²) in [7, 11) is 1.56. The van der Waals surface area contributed by atoms with E-state index in [4.69, 9.17) is 19.2 Å². The monoisotopic (exact) mass is 708 g/mol. The molecule has 0 unspecified atom stereocenters. The van der Waals surface area contributed by atoms with Gasteiger partial charge in [0, 0.05) is 20.7 Å². The van der Waals surface area contributed by atoms with Crippen LogP contribution in [0.5, 0.6) is 11.5 Å². The number of hydrogen-bond acceptors (Lipinski definition) is 9. The Hall–Kier alpha value is -3.92. The van der Waals surface area contributed by atoms with Gasteiger partial charge in [0.15, 0.2) is 16.3 Å². The second kappa shape index (κ2) is 12.8. The van der Waals surface area contributed by atoms with Gasteiger partial charge in [0.25, 0.3) is 5.56 Å². The Morgan fingerprint density at radius 1 is 1.11 bits per heavy atom. The summed E-state index contributed by atoms with van der Waals surface area (Å²) >= 11 is 6.50. The zero-order valence-corrected chi connectivity index (χ0v) is 29.5. The molecule has 9 nitrogen and oxygen atoms in total. The van der Waals surface area contributed by atoms with E-state index in [1.807, 2.05) is 46.8 Å². The number of methoxy groups -OCH3 is 1. The van der Waals surface area contributed by atoms with Gasteiger partial charge in [0.2, 0.25) is 0 Å². The Morgan fingerprint density at radius 2 is 1.84 bits per heavy atom. The number of rotatable bonds is 8. The van der Waals surface area contributed by atoms with E-state index in [9.17, 15) is 14.9 Å². The number of nitriles is 1. The number of hydrogen-bond donors (Lipinski definition) is 0. The molecule has 1 aliphatic heterocycles. The number of carbonyl (C=O) groups is 1. The molecular formula is C33H33BrN4O5S2. The van der Waals surface area contributed by atoms with Crippen LogP contribution in [-0.2, 0) is 9.53 Å². The van der Waals surface area contributed by atoms with Crippen molar-refractivity contribution in [3.8, 4) is 22.6 Å². The molecule has 4 aromatic rings. The number of benzene rings is 1. The lowest BCUT2D eigenvalue weighted by Crippen LogP contribution is -2.40. The standard InChI is InChI=1S/C33H33BrN4O5S2/c1-9-42-26-13-22(24(34)14-25(26)41-8)29-28(32(40)43-10-2)18(5)36-33-38(29)30(39)27(45-33)12-21-11-16(3)37(19(21)6)31-23(15-35)17(4)20(7)44-31/h11-14,29H,9-10H2,1-8H3/b27-12+/t29-/m1/s1.